The average Bonchev–Trinajstić information content (AvgIpc) is 3.23. The molecular formula is C16H14N2O5S2. The third-order valence-electron chi connectivity index (χ3n) is 3.37. The molecule has 0 amide bonds. The molecule has 0 aliphatic rings. The van der Waals surface area contributed by atoms with Gasteiger partial charge in [-0.1, -0.05) is 6.07 Å². The minimum absolute atomic E-state index is 0.0331. The number of furan rings is 1. The Bertz CT molecular complexity index is 1010. The topological polar surface area (TPSA) is 112 Å². The molecule has 0 spiro atoms. The molecule has 0 atom stereocenters. The van der Waals surface area contributed by atoms with Crippen LogP contribution < -0.4 is 5.14 Å². The summed E-state index contributed by atoms with van der Waals surface area (Å²) in [7, 11) is -3.91. The number of hydrogen-bond acceptors (Lipinski definition) is 7. The number of primary sulfonamides is 1. The molecule has 3 rings (SSSR count). The molecule has 25 heavy (non-hydrogen) atoms. The number of esters is 1. The van der Waals surface area contributed by atoms with Gasteiger partial charge in [0.05, 0.1) is 22.4 Å². The summed E-state index contributed by atoms with van der Waals surface area (Å²) in [6.45, 7) is 1.56. The van der Waals surface area contributed by atoms with Crippen LogP contribution in [-0.4, -0.2) is 19.4 Å². The smallest absolute Gasteiger partial charge is 0.338 e. The summed E-state index contributed by atoms with van der Waals surface area (Å²) in [4.78, 5) is 16.4. The van der Waals surface area contributed by atoms with Crippen LogP contribution in [0.15, 0.2) is 51.3 Å². The second kappa shape index (κ2) is 6.79. The number of carbonyl (C=O) groups excluding carboxylic acids is 1. The predicted molar refractivity (Wildman–Crippen MR) is 91.5 cm³/mol. The molecule has 0 aliphatic carbocycles. The molecule has 0 radical (unpaired) electrons. The molecule has 2 aromatic heterocycles. The Kier molecular flexibility index (Phi) is 4.71. The number of benzene rings is 1. The second-order valence-corrected chi connectivity index (χ2v) is 7.61. The number of aryl methyl sites for hydroxylation is 1. The van der Waals surface area contributed by atoms with Gasteiger partial charge >= 0.3 is 5.97 Å². The summed E-state index contributed by atoms with van der Waals surface area (Å²) in [5, 5.41) is 7.59. The van der Waals surface area contributed by atoms with Crippen molar-refractivity contribution in [3.05, 3.63) is 58.8 Å². The Balaban J connectivity index is 1.71. The standard InChI is InChI=1S/C16H14N2O5S2/c1-10-4-5-11(7-14(10)25(17,20)21)16(19)23-8-12-9-24-15(18-12)13-3-2-6-22-13/h2-7,9H,8H2,1H3,(H2,17,20,21). The largest absolute Gasteiger partial charge is 0.462 e. The first-order chi connectivity index (χ1) is 11.8. The first-order valence-electron chi connectivity index (χ1n) is 7.13. The lowest BCUT2D eigenvalue weighted by Crippen LogP contribution is -2.15. The van der Waals surface area contributed by atoms with Crippen LogP contribution in [0.5, 0.6) is 0 Å². The van der Waals surface area contributed by atoms with Crippen LogP contribution in [0.2, 0.25) is 0 Å². The van der Waals surface area contributed by atoms with Crippen LogP contribution in [0.4, 0.5) is 0 Å². The first-order valence-corrected chi connectivity index (χ1v) is 9.56. The molecular weight excluding hydrogens is 364 g/mol. The maximum atomic E-state index is 12.1. The van der Waals surface area contributed by atoms with E-state index < -0.39 is 16.0 Å². The molecule has 0 unspecified atom stereocenters. The maximum absolute atomic E-state index is 12.1. The Hall–Kier alpha value is -2.49. The number of hydrogen-bond donors (Lipinski definition) is 1. The highest BCUT2D eigenvalue weighted by Crippen LogP contribution is 2.24. The summed E-state index contributed by atoms with van der Waals surface area (Å²) in [5.41, 5.74) is 1.14. The number of ether oxygens (including phenoxy) is 1. The first kappa shape index (κ1) is 17.3. The molecule has 0 bridgehead atoms. The van der Waals surface area contributed by atoms with E-state index in [0.717, 1.165) is 0 Å². The van der Waals surface area contributed by atoms with Crippen molar-refractivity contribution in [3.63, 3.8) is 0 Å². The van der Waals surface area contributed by atoms with Crippen molar-refractivity contribution in [2.24, 2.45) is 5.14 Å². The number of carbonyl (C=O) groups is 1. The Morgan fingerprint density at radius 3 is 2.84 bits per heavy atom. The lowest BCUT2D eigenvalue weighted by molar-refractivity contribution is 0.0468. The highest BCUT2D eigenvalue weighted by Gasteiger charge is 2.16. The Labute approximate surface area is 148 Å². The Morgan fingerprint density at radius 2 is 2.16 bits per heavy atom. The van der Waals surface area contributed by atoms with Gasteiger partial charge in [0.15, 0.2) is 10.8 Å². The second-order valence-electron chi connectivity index (χ2n) is 5.22. The molecule has 0 fully saturated rings. The van der Waals surface area contributed by atoms with Crippen molar-refractivity contribution in [3.8, 4) is 10.8 Å². The molecule has 9 heteroatoms. The van der Waals surface area contributed by atoms with Crippen LogP contribution in [-0.2, 0) is 21.4 Å². The van der Waals surface area contributed by atoms with E-state index in [1.807, 2.05) is 0 Å². The van der Waals surface area contributed by atoms with E-state index in [2.05, 4.69) is 4.98 Å². The van der Waals surface area contributed by atoms with E-state index in [0.29, 0.717) is 22.0 Å². The Morgan fingerprint density at radius 1 is 1.36 bits per heavy atom. The minimum Gasteiger partial charge on any atom is -0.462 e. The number of nitrogens with zero attached hydrogens (tertiary/aromatic N) is 1. The monoisotopic (exact) mass is 378 g/mol. The molecule has 2 heterocycles. The van der Waals surface area contributed by atoms with Gasteiger partial charge in [0.25, 0.3) is 0 Å². The minimum atomic E-state index is -3.91. The third kappa shape index (κ3) is 3.95. The fourth-order valence-corrected chi connectivity index (χ4v) is 3.72. The van der Waals surface area contributed by atoms with E-state index in [4.69, 9.17) is 14.3 Å². The fraction of sp³-hybridized carbons (Fsp3) is 0.125. The lowest BCUT2D eigenvalue weighted by atomic mass is 10.1. The van der Waals surface area contributed by atoms with E-state index in [1.165, 1.54) is 29.5 Å². The summed E-state index contributed by atoms with van der Waals surface area (Å²) in [5.74, 6) is -0.0173. The zero-order chi connectivity index (χ0) is 18.0. The van der Waals surface area contributed by atoms with Gasteiger partial charge in [-0.15, -0.1) is 11.3 Å². The number of thiazole rings is 1. The van der Waals surface area contributed by atoms with Gasteiger partial charge in [0.1, 0.15) is 6.61 Å². The van der Waals surface area contributed by atoms with E-state index in [9.17, 15) is 13.2 Å². The highest BCUT2D eigenvalue weighted by molar-refractivity contribution is 7.89. The molecule has 0 aliphatic heterocycles. The summed E-state index contributed by atoms with van der Waals surface area (Å²) >= 11 is 1.37. The number of rotatable bonds is 5. The van der Waals surface area contributed by atoms with Gasteiger partial charge in [-0.3, -0.25) is 0 Å². The molecule has 7 nitrogen and oxygen atoms in total. The van der Waals surface area contributed by atoms with Crippen molar-refractivity contribution in [2.75, 3.05) is 0 Å². The van der Waals surface area contributed by atoms with Crippen LogP contribution in [0, 0.1) is 6.92 Å². The normalized spacial score (nSPS) is 11.4. The van der Waals surface area contributed by atoms with E-state index in [1.54, 1.807) is 30.7 Å². The van der Waals surface area contributed by atoms with Crippen LogP contribution >= 0.6 is 11.3 Å². The molecule has 0 saturated heterocycles. The van der Waals surface area contributed by atoms with Crippen molar-refractivity contribution in [1.82, 2.24) is 4.98 Å². The highest BCUT2D eigenvalue weighted by atomic mass is 32.2. The molecule has 2 N–H and O–H groups in total. The zero-order valence-electron chi connectivity index (χ0n) is 13.1. The fourth-order valence-electron chi connectivity index (χ4n) is 2.14. The lowest BCUT2D eigenvalue weighted by Gasteiger charge is -2.07. The maximum Gasteiger partial charge on any atom is 0.338 e. The van der Waals surface area contributed by atoms with Crippen molar-refractivity contribution in [2.45, 2.75) is 18.4 Å². The SMILES string of the molecule is Cc1ccc(C(=O)OCc2csc(-c3ccco3)n2)cc1S(N)(=O)=O. The third-order valence-corrected chi connectivity index (χ3v) is 5.32. The van der Waals surface area contributed by atoms with Gasteiger partial charge in [0.2, 0.25) is 10.0 Å². The summed E-state index contributed by atoms with van der Waals surface area (Å²) in [6.07, 6.45) is 1.55. The van der Waals surface area contributed by atoms with Gasteiger partial charge < -0.3 is 9.15 Å². The molecule has 3 aromatic rings. The molecule has 0 saturated carbocycles. The van der Waals surface area contributed by atoms with Gasteiger partial charge in [-0.2, -0.15) is 0 Å². The van der Waals surface area contributed by atoms with Crippen molar-refractivity contribution < 1.29 is 22.4 Å². The molecule has 1 aromatic carbocycles. The summed E-state index contributed by atoms with van der Waals surface area (Å²) < 4.78 is 33.5. The van der Waals surface area contributed by atoms with Gasteiger partial charge in [-0.25, -0.2) is 23.3 Å². The van der Waals surface area contributed by atoms with Gasteiger partial charge in [-0.05, 0) is 36.8 Å². The summed E-state index contributed by atoms with van der Waals surface area (Å²) in [6, 6.07) is 7.75. The number of aromatic nitrogens is 1. The van der Waals surface area contributed by atoms with E-state index in [-0.39, 0.29) is 17.1 Å². The van der Waals surface area contributed by atoms with Crippen LogP contribution in [0.25, 0.3) is 10.8 Å². The van der Waals surface area contributed by atoms with Crippen molar-refractivity contribution >= 4 is 27.3 Å². The molecule has 130 valence electrons. The van der Waals surface area contributed by atoms with Crippen LogP contribution in [0.1, 0.15) is 21.6 Å². The quantitative estimate of drug-likeness (QED) is 0.683. The van der Waals surface area contributed by atoms with E-state index >= 15 is 0 Å². The van der Waals surface area contributed by atoms with Crippen molar-refractivity contribution in [1.29, 1.82) is 0 Å². The average molecular weight is 378 g/mol. The number of sulfonamides is 1. The van der Waals surface area contributed by atoms with Gasteiger partial charge in [0, 0.05) is 5.38 Å². The predicted octanol–water partition coefficient (Wildman–Crippen LogP) is 2.72. The zero-order valence-corrected chi connectivity index (χ0v) is 14.8. The van der Waals surface area contributed by atoms with Crippen LogP contribution in [0.3, 0.4) is 0 Å². The number of nitrogens with two attached hydrogens (primary N) is 1.